The van der Waals surface area contributed by atoms with E-state index in [1.54, 1.807) is 29.0 Å². The highest BCUT2D eigenvalue weighted by molar-refractivity contribution is 7.20. The zero-order chi connectivity index (χ0) is 24.4. The summed E-state index contributed by atoms with van der Waals surface area (Å²) in [5.41, 5.74) is 1.92. The summed E-state index contributed by atoms with van der Waals surface area (Å²) in [7, 11) is 1.64. The second-order valence-corrected chi connectivity index (χ2v) is 9.22. The lowest BCUT2D eigenvalue weighted by Gasteiger charge is -2.34. The minimum Gasteiger partial charge on any atom is -0.497 e. The van der Waals surface area contributed by atoms with Crippen LogP contribution in [0.15, 0.2) is 53.4 Å². The van der Waals surface area contributed by atoms with Crippen LogP contribution in [0.1, 0.15) is 31.4 Å². The molecule has 1 saturated heterocycles. The van der Waals surface area contributed by atoms with Crippen molar-refractivity contribution in [2.24, 2.45) is 0 Å². The van der Waals surface area contributed by atoms with Crippen LogP contribution in [0.2, 0.25) is 0 Å². The molecule has 0 radical (unpaired) electrons. The molecule has 9 nitrogen and oxygen atoms in total. The van der Waals surface area contributed by atoms with Gasteiger partial charge >= 0.3 is 0 Å². The molecule has 0 bridgehead atoms. The average molecular weight is 492 g/mol. The van der Waals surface area contributed by atoms with Crippen LogP contribution in [0, 0.1) is 6.92 Å². The van der Waals surface area contributed by atoms with E-state index in [-0.39, 0.29) is 11.8 Å². The Morgan fingerprint density at radius 3 is 2.57 bits per heavy atom. The number of rotatable bonds is 6. The van der Waals surface area contributed by atoms with Crippen molar-refractivity contribution in [1.82, 2.24) is 19.8 Å². The molecular formula is C25H25N5O4S. The number of methoxy groups -OCH3 is 1. The summed E-state index contributed by atoms with van der Waals surface area (Å²) in [6.07, 6.45) is 3.00. The first-order chi connectivity index (χ1) is 17.0. The molecule has 0 aliphatic carbocycles. The third-order valence-electron chi connectivity index (χ3n) is 6.10. The van der Waals surface area contributed by atoms with Crippen LogP contribution in [0.5, 0.6) is 5.75 Å². The number of nitrogens with one attached hydrogen (secondary N) is 1. The van der Waals surface area contributed by atoms with Gasteiger partial charge in [-0.1, -0.05) is 12.1 Å². The van der Waals surface area contributed by atoms with Gasteiger partial charge in [-0.15, -0.1) is 11.3 Å². The number of anilines is 1. The Kier molecular flexibility index (Phi) is 6.37. The molecule has 2 amide bonds. The Hall–Kier alpha value is -3.92. The number of furan rings is 1. The van der Waals surface area contributed by atoms with Gasteiger partial charge in [0.2, 0.25) is 0 Å². The fourth-order valence-electron chi connectivity index (χ4n) is 4.19. The van der Waals surface area contributed by atoms with Crippen molar-refractivity contribution in [3.05, 3.63) is 70.8 Å². The average Bonchev–Trinajstić information content (AvgIpc) is 3.56. The molecule has 4 aromatic rings. The van der Waals surface area contributed by atoms with Crippen LogP contribution in [-0.2, 0) is 6.54 Å². The summed E-state index contributed by atoms with van der Waals surface area (Å²) in [6, 6.07) is 11.2. The summed E-state index contributed by atoms with van der Waals surface area (Å²) in [4.78, 5) is 39.7. The number of aromatic nitrogens is 2. The number of nitrogens with zero attached hydrogens (tertiary/aromatic N) is 4. The fourth-order valence-corrected chi connectivity index (χ4v) is 5.31. The second kappa shape index (κ2) is 9.75. The standard InChI is InChI=1S/C25H25N5O4S/c1-16-20-22(26-14-17-5-3-6-18(13-17)33-2)27-15-28-23(20)35-21(16)25(32)30-10-8-29(9-11-30)24(31)19-7-4-12-34-19/h3-7,12-13,15H,8-11,14H2,1-2H3,(H,26,27,28). The SMILES string of the molecule is COc1cccc(CNc2ncnc3sc(C(=O)N4CCN(C(=O)c5ccco5)CC4)c(C)c23)c1. The number of ether oxygens (including phenoxy) is 1. The first-order valence-electron chi connectivity index (χ1n) is 11.3. The molecule has 0 atom stereocenters. The lowest BCUT2D eigenvalue weighted by atomic mass is 10.1. The minimum atomic E-state index is -0.151. The van der Waals surface area contributed by atoms with Gasteiger partial charge in [-0.25, -0.2) is 9.97 Å². The monoisotopic (exact) mass is 491 g/mol. The molecule has 0 spiro atoms. The number of hydrogen-bond donors (Lipinski definition) is 1. The highest BCUT2D eigenvalue weighted by Gasteiger charge is 2.29. The topological polar surface area (TPSA) is 101 Å². The Labute approximate surface area is 206 Å². The summed E-state index contributed by atoms with van der Waals surface area (Å²) in [5.74, 6) is 1.61. The Morgan fingerprint density at radius 1 is 1.09 bits per heavy atom. The molecule has 0 unspecified atom stereocenters. The number of hydrogen-bond acceptors (Lipinski definition) is 8. The highest BCUT2D eigenvalue weighted by atomic mass is 32.1. The summed E-state index contributed by atoms with van der Waals surface area (Å²) < 4.78 is 10.5. The van der Waals surface area contributed by atoms with E-state index < -0.39 is 0 Å². The smallest absolute Gasteiger partial charge is 0.289 e. The summed E-state index contributed by atoms with van der Waals surface area (Å²) in [5, 5.41) is 4.24. The van der Waals surface area contributed by atoms with Crippen molar-refractivity contribution in [1.29, 1.82) is 0 Å². The number of benzene rings is 1. The van der Waals surface area contributed by atoms with Gasteiger partial charge in [-0.2, -0.15) is 0 Å². The van der Waals surface area contributed by atoms with Crippen molar-refractivity contribution in [3.63, 3.8) is 0 Å². The molecule has 10 heteroatoms. The molecule has 180 valence electrons. The van der Waals surface area contributed by atoms with Crippen molar-refractivity contribution in [2.45, 2.75) is 13.5 Å². The van der Waals surface area contributed by atoms with Crippen LogP contribution in [0.3, 0.4) is 0 Å². The number of fused-ring (bicyclic) bond motifs is 1. The van der Waals surface area contributed by atoms with Crippen LogP contribution >= 0.6 is 11.3 Å². The predicted octanol–water partition coefficient (Wildman–Crippen LogP) is 3.81. The third kappa shape index (κ3) is 4.57. The lowest BCUT2D eigenvalue weighted by Crippen LogP contribution is -2.50. The van der Waals surface area contributed by atoms with E-state index >= 15 is 0 Å². The molecule has 1 aromatic carbocycles. The van der Waals surface area contributed by atoms with E-state index in [1.165, 1.54) is 23.9 Å². The van der Waals surface area contributed by atoms with Crippen LogP contribution in [0.4, 0.5) is 5.82 Å². The number of carbonyl (C=O) groups excluding carboxylic acids is 2. The summed E-state index contributed by atoms with van der Waals surface area (Å²) in [6.45, 7) is 4.35. The van der Waals surface area contributed by atoms with Gasteiger partial charge in [-0.05, 0) is 42.3 Å². The van der Waals surface area contributed by atoms with Crippen molar-refractivity contribution in [3.8, 4) is 5.75 Å². The van der Waals surface area contributed by atoms with Gasteiger partial charge in [0.05, 0.1) is 23.6 Å². The molecule has 5 rings (SSSR count). The Balaban J connectivity index is 1.30. The normalized spacial score (nSPS) is 13.8. The molecule has 1 fully saturated rings. The number of aryl methyl sites for hydroxylation is 1. The quantitative estimate of drug-likeness (QED) is 0.438. The van der Waals surface area contributed by atoms with Crippen LogP contribution < -0.4 is 10.1 Å². The van der Waals surface area contributed by atoms with Gasteiger partial charge < -0.3 is 24.3 Å². The van der Waals surface area contributed by atoms with Crippen molar-refractivity contribution in [2.75, 3.05) is 38.6 Å². The maximum Gasteiger partial charge on any atom is 0.289 e. The van der Waals surface area contributed by atoms with Crippen LogP contribution in [-0.4, -0.2) is 64.9 Å². The largest absolute Gasteiger partial charge is 0.497 e. The van der Waals surface area contributed by atoms with Crippen molar-refractivity contribution >= 4 is 39.2 Å². The van der Waals surface area contributed by atoms with E-state index in [0.717, 1.165) is 27.1 Å². The van der Waals surface area contributed by atoms with Gasteiger partial charge in [0.15, 0.2) is 5.76 Å². The Morgan fingerprint density at radius 2 is 1.86 bits per heavy atom. The minimum absolute atomic E-state index is 0.0469. The van der Waals surface area contributed by atoms with E-state index in [0.29, 0.717) is 49.2 Å². The number of piperazine rings is 1. The molecule has 3 aromatic heterocycles. The van der Waals surface area contributed by atoms with Gasteiger partial charge in [-0.3, -0.25) is 9.59 Å². The van der Waals surface area contributed by atoms with Gasteiger partial charge in [0.25, 0.3) is 11.8 Å². The molecule has 35 heavy (non-hydrogen) atoms. The number of thiophene rings is 1. The highest BCUT2D eigenvalue weighted by Crippen LogP contribution is 2.34. The summed E-state index contributed by atoms with van der Waals surface area (Å²) >= 11 is 1.37. The van der Waals surface area contributed by atoms with E-state index in [1.807, 2.05) is 31.2 Å². The van der Waals surface area contributed by atoms with Crippen molar-refractivity contribution < 1.29 is 18.7 Å². The molecule has 4 heterocycles. The Bertz CT molecular complexity index is 1360. The zero-order valence-corrected chi connectivity index (χ0v) is 20.3. The van der Waals surface area contributed by atoms with Gasteiger partial charge in [0.1, 0.15) is 22.7 Å². The third-order valence-corrected chi connectivity index (χ3v) is 7.29. The molecular weight excluding hydrogens is 466 g/mol. The maximum atomic E-state index is 13.4. The first-order valence-corrected chi connectivity index (χ1v) is 12.1. The zero-order valence-electron chi connectivity index (χ0n) is 19.5. The van der Waals surface area contributed by atoms with E-state index in [9.17, 15) is 9.59 Å². The second-order valence-electron chi connectivity index (χ2n) is 8.23. The fraction of sp³-hybridized carbons (Fsp3) is 0.280. The molecule has 1 N–H and O–H groups in total. The molecule has 0 saturated carbocycles. The first kappa shape index (κ1) is 22.9. The van der Waals surface area contributed by atoms with E-state index in [4.69, 9.17) is 9.15 Å². The lowest BCUT2D eigenvalue weighted by molar-refractivity contribution is 0.0520. The molecule has 1 aliphatic heterocycles. The predicted molar refractivity (Wildman–Crippen MR) is 133 cm³/mol. The van der Waals surface area contributed by atoms with E-state index in [2.05, 4.69) is 15.3 Å². The number of amides is 2. The van der Waals surface area contributed by atoms with Gasteiger partial charge in [0, 0.05) is 32.7 Å². The maximum absolute atomic E-state index is 13.4. The molecule has 1 aliphatic rings. The number of carbonyl (C=O) groups is 2. The van der Waals surface area contributed by atoms with Crippen LogP contribution in [0.25, 0.3) is 10.2 Å².